The number of rotatable bonds is 5. The fraction of sp³-hybridized carbons (Fsp3) is 0.900. The molecule has 1 unspecified atom stereocenters. The Morgan fingerprint density at radius 1 is 0.950 bits per heavy atom. The predicted molar refractivity (Wildman–Crippen MR) is 89.8 cm³/mol. The molecule has 2 fully saturated rings. The molecule has 2 aliphatic rings. The first-order chi connectivity index (χ1) is 9.56. The van der Waals surface area contributed by atoms with E-state index in [2.05, 4.69) is 27.4 Å². The van der Waals surface area contributed by atoms with Crippen molar-refractivity contribution in [3.05, 3.63) is 12.2 Å². The highest BCUT2D eigenvalue weighted by atomic mass is 14.4. The molecular weight excluding hydrogens is 240 g/mol. The lowest BCUT2D eigenvalue weighted by Crippen LogP contribution is -2.27. The summed E-state index contributed by atoms with van der Waals surface area (Å²) >= 11 is 0. The van der Waals surface area contributed by atoms with E-state index in [1.54, 1.807) is 0 Å². The van der Waals surface area contributed by atoms with Gasteiger partial charge in [0.05, 0.1) is 0 Å². The maximum atomic E-state index is 4.05. The molecule has 0 aromatic carbocycles. The summed E-state index contributed by atoms with van der Waals surface area (Å²) in [5.41, 5.74) is 1.36. The van der Waals surface area contributed by atoms with E-state index < -0.39 is 0 Å². The van der Waals surface area contributed by atoms with Crippen LogP contribution in [0.1, 0.15) is 85.0 Å². The van der Waals surface area contributed by atoms with Crippen LogP contribution in [0.2, 0.25) is 0 Å². The van der Waals surface area contributed by atoms with E-state index in [-0.39, 0.29) is 0 Å². The Morgan fingerprint density at radius 2 is 1.45 bits per heavy atom. The molecule has 0 spiro atoms. The largest absolute Gasteiger partial charge is 0.100 e. The molecular formula is C20H36. The third-order valence-corrected chi connectivity index (χ3v) is 6.37. The molecule has 0 bridgehead atoms. The van der Waals surface area contributed by atoms with Crippen molar-refractivity contribution in [2.75, 3.05) is 0 Å². The van der Waals surface area contributed by atoms with Gasteiger partial charge in [-0.2, -0.15) is 0 Å². The highest BCUT2D eigenvalue weighted by Gasteiger charge is 2.31. The van der Waals surface area contributed by atoms with E-state index >= 15 is 0 Å². The lowest BCUT2D eigenvalue weighted by Gasteiger charge is -2.38. The molecule has 0 heteroatoms. The van der Waals surface area contributed by atoms with Crippen molar-refractivity contribution in [1.82, 2.24) is 0 Å². The van der Waals surface area contributed by atoms with Crippen LogP contribution in [-0.4, -0.2) is 0 Å². The summed E-state index contributed by atoms with van der Waals surface area (Å²) in [4.78, 5) is 0. The van der Waals surface area contributed by atoms with E-state index in [0.717, 1.165) is 29.6 Å². The quantitative estimate of drug-likeness (QED) is 0.495. The fourth-order valence-electron chi connectivity index (χ4n) is 4.65. The molecule has 0 nitrogen and oxygen atoms in total. The molecule has 1 atom stereocenters. The molecule has 0 heterocycles. The standard InChI is InChI=1S/C20H36/c1-15(2)5-8-17(4)18-11-13-20(14-12-18)19-9-6-16(3)7-10-19/h16-20H,1,5-14H2,2-4H3. The van der Waals surface area contributed by atoms with Gasteiger partial charge in [0.2, 0.25) is 0 Å². The van der Waals surface area contributed by atoms with Gasteiger partial charge in [-0.15, -0.1) is 6.58 Å². The molecule has 0 amide bonds. The van der Waals surface area contributed by atoms with Gasteiger partial charge in [-0.05, 0) is 87.9 Å². The van der Waals surface area contributed by atoms with Crippen LogP contribution in [0.15, 0.2) is 12.2 Å². The molecule has 0 saturated heterocycles. The Balaban J connectivity index is 1.70. The van der Waals surface area contributed by atoms with Gasteiger partial charge in [0.1, 0.15) is 0 Å². The first-order valence-electron chi connectivity index (χ1n) is 9.20. The molecule has 0 aliphatic heterocycles. The van der Waals surface area contributed by atoms with Crippen LogP contribution in [0.5, 0.6) is 0 Å². The summed E-state index contributed by atoms with van der Waals surface area (Å²) in [5.74, 6) is 5.09. The molecule has 20 heavy (non-hydrogen) atoms. The van der Waals surface area contributed by atoms with Crippen LogP contribution < -0.4 is 0 Å². The molecule has 0 aromatic rings. The molecule has 2 aliphatic carbocycles. The van der Waals surface area contributed by atoms with Gasteiger partial charge in [0, 0.05) is 0 Å². The van der Waals surface area contributed by atoms with Crippen molar-refractivity contribution in [2.45, 2.75) is 85.0 Å². The topological polar surface area (TPSA) is 0 Å². The van der Waals surface area contributed by atoms with Gasteiger partial charge in [-0.25, -0.2) is 0 Å². The Morgan fingerprint density at radius 3 is 1.95 bits per heavy atom. The summed E-state index contributed by atoms with van der Waals surface area (Å²) in [6.07, 6.45) is 14.7. The zero-order chi connectivity index (χ0) is 14.5. The van der Waals surface area contributed by atoms with E-state index in [9.17, 15) is 0 Å². The zero-order valence-corrected chi connectivity index (χ0v) is 14.2. The summed E-state index contributed by atoms with van der Waals surface area (Å²) in [5, 5.41) is 0. The third-order valence-electron chi connectivity index (χ3n) is 6.37. The smallest absolute Gasteiger partial charge is 0.0323 e. The normalized spacial score (nSPS) is 36.5. The van der Waals surface area contributed by atoms with E-state index in [4.69, 9.17) is 0 Å². The van der Waals surface area contributed by atoms with E-state index in [0.29, 0.717) is 0 Å². The second-order valence-corrected chi connectivity index (χ2v) is 8.17. The highest BCUT2D eigenvalue weighted by Crippen LogP contribution is 2.43. The minimum atomic E-state index is 0.916. The van der Waals surface area contributed by atoms with Gasteiger partial charge < -0.3 is 0 Å². The van der Waals surface area contributed by atoms with Crippen molar-refractivity contribution < 1.29 is 0 Å². The Bertz CT molecular complexity index is 287. The van der Waals surface area contributed by atoms with Gasteiger partial charge in [0.25, 0.3) is 0 Å². The van der Waals surface area contributed by atoms with Crippen molar-refractivity contribution >= 4 is 0 Å². The molecule has 0 aromatic heterocycles. The minimum absolute atomic E-state index is 0.916. The van der Waals surface area contributed by atoms with Gasteiger partial charge in [-0.3, -0.25) is 0 Å². The second kappa shape index (κ2) is 7.66. The monoisotopic (exact) mass is 276 g/mol. The third kappa shape index (κ3) is 4.64. The Kier molecular flexibility index (Phi) is 6.18. The maximum Gasteiger partial charge on any atom is -0.0323 e. The predicted octanol–water partition coefficient (Wildman–Crippen LogP) is 6.61. The minimum Gasteiger partial charge on any atom is -0.100 e. The van der Waals surface area contributed by atoms with Crippen LogP contribution in [0, 0.1) is 29.6 Å². The Labute approximate surface area is 127 Å². The first-order valence-corrected chi connectivity index (χ1v) is 9.20. The lowest BCUT2D eigenvalue weighted by atomic mass is 9.67. The summed E-state index contributed by atoms with van der Waals surface area (Å²) < 4.78 is 0. The van der Waals surface area contributed by atoms with Crippen molar-refractivity contribution in [2.24, 2.45) is 29.6 Å². The zero-order valence-electron chi connectivity index (χ0n) is 14.2. The van der Waals surface area contributed by atoms with Crippen molar-refractivity contribution in [3.8, 4) is 0 Å². The number of allylic oxidation sites excluding steroid dienone is 1. The van der Waals surface area contributed by atoms with Gasteiger partial charge >= 0.3 is 0 Å². The summed E-state index contributed by atoms with van der Waals surface area (Å²) in [6, 6.07) is 0. The molecule has 0 N–H and O–H groups in total. The lowest BCUT2D eigenvalue weighted by molar-refractivity contribution is 0.129. The Hall–Kier alpha value is -0.260. The highest BCUT2D eigenvalue weighted by molar-refractivity contribution is 4.89. The molecule has 2 saturated carbocycles. The van der Waals surface area contributed by atoms with E-state index in [1.165, 1.54) is 69.8 Å². The second-order valence-electron chi connectivity index (χ2n) is 8.17. The molecule has 116 valence electrons. The summed E-state index contributed by atoms with van der Waals surface area (Å²) in [7, 11) is 0. The average molecular weight is 277 g/mol. The van der Waals surface area contributed by atoms with Gasteiger partial charge in [-0.1, -0.05) is 32.3 Å². The number of hydrogen-bond donors (Lipinski definition) is 0. The first kappa shape index (κ1) is 16.1. The van der Waals surface area contributed by atoms with Crippen molar-refractivity contribution in [1.29, 1.82) is 0 Å². The maximum absolute atomic E-state index is 4.05. The van der Waals surface area contributed by atoms with Crippen LogP contribution in [0.25, 0.3) is 0 Å². The van der Waals surface area contributed by atoms with Gasteiger partial charge in [0.15, 0.2) is 0 Å². The fourth-order valence-corrected chi connectivity index (χ4v) is 4.65. The number of hydrogen-bond acceptors (Lipinski definition) is 0. The SMILES string of the molecule is C=C(C)CCC(C)C1CCC(C2CCC(C)CC2)CC1. The van der Waals surface area contributed by atoms with E-state index in [1.807, 2.05) is 0 Å². The van der Waals surface area contributed by atoms with Crippen LogP contribution in [0.4, 0.5) is 0 Å². The summed E-state index contributed by atoms with van der Waals surface area (Å²) in [6.45, 7) is 11.1. The average Bonchev–Trinajstić information content (AvgIpc) is 2.46. The van der Waals surface area contributed by atoms with Crippen LogP contribution in [-0.2, 0) is 0 Å². The van der Waals surface area contributed by atoms with Crippen LogP contribution >= 0.6 is 0 Å². The van der Waals surface area contributed by atoms with Crippen molar-refractivity contribution in [3.63, 3.8) is 0 Å². The molecule has 0 radical (unpaired) electrons. The van der Waals surface area contributed by atoms with Crippen LogP contribution in [0.3, 0.4) is 0 Å². The molecule has 2 rings (SSSR count).